The fourth-order valence-electron chi connectivity index (χ4n) is 3.87. The van der Waals surface area contributed by atoms with Gasteiger partial charge in [0, 0.05) is 12.6 Å². The van der Waals surface area contributed by atoms with Crippen molar-refractivity contribution in [3.05, 3.63) is 71.8 Å². The Morgan fingerprint density at radius 1 is 1.08 bits per heavy atom. The second-order valence-electron chi connectivity index (χ2n) is 6.77. The van der Waals surface area contributed by atoms with Crippen LogP contribution in [-0.4, -0.2) is 36.8 Å². The highest BCUT2D eigenvalue weighted by atomic mass is 16.5. The molecule has 3 heteroatoms. The van der Waals surface area contributed by atoms with E-state index < -0.39 is 0 Å². The number of morpholine rings is 1. The zero-order chi connectivity index (χ0) is 17.1. The van der Waals surface area contributed by atoms with E-state index in [1.807, 2.05) is 13.0 Å². The molecule has 4 rings (SSSR count). The van der Waals surface area contributed by atoms with Gasteiger partial charge < -0.3 is 9.47 Å². The predicted octanol–water partition coefficient (Wildman–Crippen LogP) is 4.14. The summed E-state index contributed by atoms with van der Waals surface area (Å²) in [6.45, 7) is 5.30. The molecule has 1 fully saturated rings. The van der Waals surface area contributed by atoms with Crippen molar-refractivity contribution in [2.75, 3.05) is 19.8 Å². The molecule has 3 nitrogen and oxygen atoms in total. The normalized spacial score (nSPS) is 23.2. The molecule has 2 unspecified atom stereocenters. The topological polar surface area (TPSA) is 21.7 Å². The van der Waals surface area contributed by atoms with Gasteiger partial charge in [-0.05, 0) is 42.2 Å². The Morgan fingerprint density at radius 3 is 2.76 bits per heavy atom. The van der Waals surface area contributed by atoms with E-state index in [0.29, 0.717) is 18.7 Å². The summed E-state index contributed by atoms with van der Waals surface area (Å²) >= 11 is 0. The van der Waals surface area contributed by atoms with E-state index in [4.69, 9.17) is 9.47 Å². The molecule has 2 heterocycles. The molecule has 0 aliphatic carbocycles. The molecule has 1 saturated heterocycles. The molecule has 25 heavy (non-hydrogen) atoms. The minimum Gasteiger partial charge on any atom is -0.494 e. The summed E-state index contributed by atoms with van der Waals surface area (Å²) in [4.78, 5) is 2.59. The molecule has 0 N–H and O–H groups in total. The molecule has 2 aromatic carbocycles. The molecule has 0 aromatic heterocycles. The second-order valence-corrected chi connectivity index (χ2v) is 6.77. The number of fused-ring (bicyclic) bond motifs is 2. The van der Waals surface area contributed by atoms with Gasteiger partial charge in [-0.1, -0.05) is 48.5 Å². The number of benzene rings is 2. The van der Waals surface area contributed by atoms with Crippen LogP contribution in [0.25, 0.3) is 5.57 Å². The average molecular weight is 335 g/mol. The first-order valence-electron chi connectivity index (χ1n) is 9.15. The van der Waals surface area contributed by atoms with Crippen LogP contribution in [0.5, 0.6) is 5.75 Å². The van der Waals surface area contributed by atoms with Crippen LogP contribution in [-0.2, 0) is 11.3 Å². The van der Waals surface area contributed by atoms with Gasteiger partial charge in [-0.3, -0.25) is 4.90 Å². The molecule has 130 valence electrons. The minimum absolute atomic E-state index is 0.346. The van der Waals surface area contributed by atoms with Gasteiger partial charge in [-0.2, -0.15) is 0 Å². The lowest BCUT2D eigenvalue weighted by Gasteiger charge is -2.44. The zero-order valence-electron chi connectivity index (χ0n) is 14.7. The molecule has 2 aromatic rings. The van der Waals surface area contributed by atoms with Gasteiger partial charge in [0.15, 0.2) is 0 Å². The lowest BCUT2D eigenvalue weighted by Crippen LogP contribution is -2.53. The maximum absolute atomic E-state index is 5.84. The van der Waals surface area contributed by atoms with Crippen LogP contribution < -0.4 is 4.74 Å². The Bertz CT molecular complexity index is 741. The van der Waals surface area contributed by atoms with E-state index in [9.17, 15) is 0 Å². The maximum Gasteiger partial charge on any atom is 0.119 e. The van der Waals surface area contributed by atoms with Crippen LogP contribution in [0.4, 0.5) is 0 Å². The molecule has 2 aliphatic heterocycles. The standard InChI is InChI=1S/C22H25NO2/c1-2-25-22-10-6-9-18(13-22)19-11-20-15-24-16-21(12-19)23(20)14-17-7-4-3-5-8-17/h3-11,13,20-21H,2,12,14-16H2,1H3. The molecule has 2 aliphatic rings. The quantitative estimate of drug-likeness (QED) is 0.819. The van der Waals surface area contributed by atoms with Crippen molar-refractivity contribution >= 4 is 5.57 Å². The summed E-state index contributed by atoms with van der Waals surface area (Å²) in [5.41, 5.74) is 4.07. The van der Waals surface area contributed by atoms with E-state index in [2.05, 4.69) is 59.5 Å². The largest absolute Gasteiger partial charge is 0.494 e. The van der Waals surface area contributed by atoms with Gasteiger partial charge in [0.25, 0.3) is 0 Å². The van der Waals surface area contributed by atoms with Crippen molar-refractivity contribution in [3.63, 3.8) is 0 Å². The van der Waals surface area contributed by atoms with Crippen LogP contribution in [0.15, 0.2) is 60.7 Å². The monoisotopic (exact) mass is 335 g/mol. The van der Waals surface area contributed by atoms with E-state index in [1.165, 1.54) is 16.7 Å². The number of rotatable bonds is 5. The van der Waals surface area contributed by atoms with Crippen molar-refractivity contribution in [1.29, 1.82) is 0 Å². The number of nitrogens with zero attached hydrogens (tertiary/aromatic N) is 1. The zero-order valence-corrected chi connectivity index (χ0v) is 14.7. The first-order chi connectivity index (χ1) is 12.3. The van der Waals surface area contributed by atoms with Gasteiger partial charge in [-0.15, -0.1) is 0 Å². The smallest absolute Gasteiger partial charge is 0.119 e. The summed E-state index contributed by atoms with van der Waals surface area (Å²) in [6.07, 6.45) is 3.42. The van der Waals surface area contributed by atoms with Crippen molar-refractivity contribution in [1.82, 2.24) is 4.90 Å². The van der Waals surface area contributed by atoms with Crippen molar-refractivity contribution in [2.24, 2.45) is 0 Å². The van der Waals surface area contributed by atoms with E-state index in [0.717, 1.165) is 31.9 Å². The molecule has 0 amide bonds. The first-order valence-corrected chi connectivity index (χ1v) is 9.15. The van der Waals surface area contributed by atoms with Gasteiger partial charge in [0.1, 0.15) is 5.75 Å². The number of hydrogen-bond donors (Lipinski definition) is 0. The fraction of sp³-hybridized carbons (Fsp3) is 0.364. The summed E-state index contributed by atoms with van der Waals surface area (Å²) in [5.74, 6) is 0.953. The van der Waals surface area contributed by atoms with Crippen LogP contribution in [0.2, 0.25) is 0 Å². The third kappa shape index (κ3) is 3.63. The van der Waals surface area contributed by atoms with Crippen molar-refractivity contribution in [2.45, 2.75) is 32.0 Å². The summed E-state index contributed by atoms with van der Waals surface area (Å²) in [7, 11) is 0. The van der Waals surface area contributed by atoms with Crippen LogP contribution >= 0.6 is 0 Å². The van der Waals surface area contributed by atoms with Crippen molar-refractivity contribution < 1.29 is 9.47 Å². The minimum atomic E-state index is 0.346. The molecule has 2 atom stereocenters. The van der Waals surface area contributed by atoms with Gasteiger partial charge in [0.05, 0.1) is 25.9 Å². The molecular formula is C22H25NO2. The lowest BCUT2D eigenvalue weighted by atomic mass is 9.89. The molecule has 2 bridgehead atoms. The van der Waals surface area contributed by atoms with E-state index in [-0.39, 0.29) is 0 Å². The Morgan fingerprint density at radius 2 is 1.96 bits per heavy atom. The van der Waals surface area contributed by atoms with Crippen LogP contribution in [0.3, 0.4) is 0 Å². The fourth-order valence-corrected chi connectivity index (χ4v) is 3.87. The maximum atomic E-state index is 5.84. The highest BCUT2D eigenvalue weighted by molar-refractivity contribution is 5.69. The van der Waals surface area contributed by atoms with Gasteiger partial charge >= 0.3 is 0 Å². The molecular weight excluding hydrogens is 310 g/mol. The van der Waals surface area contributed by atoms with E-state index >= 15 is 0 Å². The second kappa shape index (κ2) is 7.42. The average Bonchev–Trinajstić information content (AvgIpc) is 2.63. The van der Waals surface area contributed by atoms with E-state index in [1.54, 1.807) is 0 Å². The Kier molecular flexibility index (Phi) is 4.86. The highest BCUT2D eigenvalue weighted by Gasteiger charge is 2.34. The highest BCUT2D eigenvalue weighted by Crippen LogP contribution is 2.34. The molecule has 0 saturated carbocycles. The Hall–Kier alpha value is -2.10. The van der Waals surface area contributed by atoms with Crippen LogP contribution in [0.1, 0.15) is 24.5 Å². The van der Waals surface area contributed by atoms with Gasteiger partial charge in [0.2, 0.25) is 0 Å². The summed E-state index contributed by atoms with van der Waals surface area (Å²) in [6, 6.07) is 20.0. The molecule has 0 radical (unpaired) electrons. The SMILES string of the molecule is CCOc1cccc(C2=CC3COCC(C2)N3Cc2ccccc2)c1. The number of ether oxygens (including phenoxy) is 2. The Balaban J connectivity index is 1.57. The van der Waals surface area contributed by atoms with Gasteiger partial charge in [-0.25, -0.2) is 0 Å². The first kappa shape index (κ1) is 16.4. The summed E-state index contributed by atoms with van der Waals surface area (Å²) in [5, 5.41) is 0. The van der Waals surface area contributed by atoms with Crippen molar-refractivity contribution in [3.8, 4) is 5.75 Å². The lowest BCUT2D eigenvalue weighted by molar-refractivity contribution is -0.0402. The molecule has 0 spiro atoms. The van der Waals surface area contributed by atoms with Crippen LogP contribution in [0, 0.1) is 0 Å². The third-order valence-corrected chi connectivity index (χ3v) is 5.07. The third-order valence-electron chi connectivity index (χ3n) is 5.07. The predicted molar refractivity (Wildman–Crippen MR) is 101 cm³/mol. The summed E-state index contributed by atoms with van der Waals surface area (Å²) < 4.78 is 11.5. The number of hydrogen-bond acceptors (Lipinski definition) is 3. The Labute approximate surface area is 149 Å².